The van der Waals surface area contributed by atoms with Crippen molar-refractivity contribution in [2.45, 2.75) is 33.8 Å². The first kappa shape index (κ1) is 16.8. The highest BCUT2D eigenvalue weighted by molar-refractivity contribution is 4.57. The third kappa shape index (κ3) is 12.1. The highest BCUT2D eigenvalue weighted by Gasteiger charge is 2.05. The Morgan fingerprint density at radius 2 is 1.29 bits per heavy atom. The predicted molar refractivity (Wildman–Crippen MR) is 70.5 cm³/mol. The molecule has 0 spiro atoms. The van der Waals surface area contributed by atoms with Crippen LogP contribution in [0, 0.1) is 0 Å². The largest absolute Gasteiger partial charge is 0.380 e. The molecule has 0 fully saturated rings. The van der Waals surface area contributed by atoms with Crippen LogP contribution >= 0.6 is 0 Å². The molecule has 17 heavy (non-hydrogen) atoms. The van der Waals surface area contributed by atoms with Gasteiger partial charge in [-0.05, 0) is 27.7 Å². The molecule has 0 aliphatic heterocycles. The van der Waals surface area contributed by atoms with Crippen molar-refractivity contribution in [2.75, 3.05) is 52.7 Å². The predicted octanol–water partition coefficient (Wildman–Crippen LogP) is 1.79. The number of hydrogen-bond donors (Lipinski definition) is 0. The molecule has 4 nitrogen and oxygen atoms in total. The molecular weight excluding hydrogens is 218 g/mol. The Hall–Kier alpha value is -0.160. The van der Waals surface area contributed by atoms with E-state index >= 15 is 0 Å². The average Bonchev–Trinajstić information content (AvgIpc) is 2.28. The average molecular weight is 247 g/mol. The van der Waals surface area contributed by atoms with E-state index in [1.54, 1.807) is 0 Å². The van der Waals surface area contributed by atoms with Gasteiger partial charge in [0.25, 0.3) is 0 Å². The van der Waals surface area contributed by atoms with Gasteiger partial charge in [0.1, 0.15) is 0 Å². The number of ether oxygens (including phenoxy) is 3. The van der Waals surface area contributed by atoms with E-state index in [1.807, 2.05) is 13.8 Å². The van der Waals surface area contributed by atoms with E-state index < -0.39 is 0 Å². The van der Waals surface area contributed by atoms with E-state index in [2.05, 4.69) is 18.7 Å². The van der Waals surface area contributed by atoms with Crippen LogP contribution in [-0.2, 0) is 14.2 Å². The summed E-state index contributed by atoms with van der Waals surface area (Å²) in [4.78, 5) is 2.33. The van der Waals surface area contributed by atoms with Gasteiger partial charge >= 0.3 is 0 Å². The Bertz CT molecular complexity index is 144. The van der Waals surface area contributed by atoms with E-state index in [9.17, 15) is 0 Å². The van der Waals surface area contributed by atoms with E-state index in [4.69, 9.17) is 14.2 Å². The SMILES string of the molecule is CCOCCN(CCOCC)CCOC(C)C. The van der Waals surface area contributed by atoms with Gasteiger partial charge in [0.2, 0.25) is 0 Å². The summed E-state index contributed by atoms with van der Waals surface area (Å²) in [7, 11) is 0. The van der Waals surface area contributed by atoms with Gasteiger partial charge in [-0.15, -0.1) is 0 Å². The Morgan fingerprint density at radius 1 is 0.824 bits per heavy atom. The second-order valence-corrected chi connectivity index (χ2v) is 4.16. The molecular formula is C13H29NO3. The lowest BCUT2D eigenvalue weighted by Gasteiger charge is -2.22. The second kappa shape index (κ2) is 12.3. The molecule has 0 bridgehead atoms. The molecule has 0 aliphatic carbocycles. The molecule has 0 unspecified atom stereocenters. The molecule has 0 saturated heterocycles. The summed E-state index contributed by atoms with van der Waals surface area (Å²) >= 11 is 0. The van der Waals surface area contributed by atoms with Crippen molar-refractivity contribution in [3.05, 3.63) is 0 Å². The Kier molecular flexibility index (Phi) is 12.2. The van der Waals surface area contributed by atoms with E-state index in [-0.39, 0.29) is 0 Å². The molecule has 0 rings (SSSR count). The summed E-state index contributed by atoms with van der Waals surface area (Å²) in [6.07, 6.45) is 0.302. The zero-order valence-electron chi connectivity index (χ0n) is 11.9. The summed E-state index contributed by atoms with van der Waals surface area (Å²) in [6.45, 7) is 14.9. The lowest BCUT2D eigenvalue weighted by Crippen LogP contribution is -2.34. The smallest absolute Gasteiger partial charge is 0.0596 e. The lowest BCUT2D eigenvalue weighted by molar-refractivity contribution is 0.0375. The third-order valence-electron chi connectivity index (χ3n) is 2.37. The van der Waals surface area contributed by atoms with Gasteiger partial charge in [0.05, 0.1) is 25.9 Å². The summed E-state index contributed by atoms with van der Waals surface area (Å²) in [5.41, 5.74) is 0. The quantitative estimate of drug-likeness (QED) is 0.492. The molecule has 104 valence electrons. The van der Waals surface area contributed by atoms with Gasteiger partial charge in [-0.1, -0.05) is 0 Å². The van der Waals surface area contributed by atoms with Gasteiger partial charge < -0.3 is 14.2 Å². The van der Waals surface area contributed by atoms with Crippen LogP contribution in [-0.4, -0.2) is 63.7 Å². The second-order valence-electron chi connectivity index (χ2n) is 4.16. The van der Waals surface area contributed by atoms with Crippen LogP contribution in [0.3, 0.4) is 0 Å². The van der Waals surface area contributed by atoms with E-state index in [0.717, 1.165) is 52.7 Å². The first-order valence-corrected chi connectivity index (χ1v) is 6.70. The van der Waals surface area contributed by atoms with Gasteiger partial charge in [0, 0.05) is 32.8 Å². The minimum Gasteiger partial charge on any atom is -0.380 e. The van der Waals surface area contributed by atoms with Gasteiger partial charge in [-0.2, -0.15) is 0 Å². The van der Waals surface area contributed by atoms with Crippen LogP contribution in [0.25, 0.3) is 0 Å². The fraction of sp³-hybridized carbons (Fsp3) is 1.00. The molecule has 0 saturated carbocycles. The van der Waals surface area contributed by atoms with Crippen molar-refractivity contribution in [2.24, 2.45) is 0 Å². The molecule has 0 amide bonds. The van der Waals surface area contributed by atoms with Crippen molar-refractivity contribution >= 4 is 0 Å². The minimum absolute atomic E-state index is 0.302. The number of rotatable bonds is 12. The topological polar surface area (TPSA) is 30.9 Å². The first-order chi connectivity index (χ1) is 8.20. The van der Waals surface area contributed by atoms with Crippen molar-refractivity contribution in [1.29, 1.82) is 0 Å². The van der Waals surface area contributed by atoms with E-state index in [0.29, 0.717) is 6.10 Å². The van der Waals surface area contributed by atoms with Crippen molar-refractivity contribution in [3.8, 4) is 0 Å². The van der Waals surface area contributed by atoms with Crippen LogP contribution in [0.2, 0.25) is 0 Å². The summed E-state index contributed by atoms with van der Waals surface area (Å²) in [5, 5.41) is 0. The normalized spacial score (nSPS) is 11.6. The number of nitrogens with zero attached hydrogens (tertiary/aromatic N) is 1. The molecule has 0 radical (unpaired) electrons. The zero-order chi connectivity index (χ0) is 12.9. The molecule has 0 heterocycles. The maximum absolute atomic E-state index is 5.56. The first-order valence-electron chi connectivity index (χ1n) is 6.70. The Labute approximate surface area is 106 Å². The van der Waals surface area contributed by atoms with Crippen molar-refractivity contribution < 1.29 is 14.2 Å². The lowest BCUT2D eigenvalue weighted by atomic mass is 10.4. The van der Waals surface area contributed by atoms with Gasteiger partial charge in [-0.25, -0.2) is 0 Å². The van der Waals surface area contributed by atoms with Gasteiger partial charge in [0.15, 0.2) is 0 Å². The molecule has 0 aromatic heterocycles. The Morgan fingerprint density at radius 3 is 1.71 bits per heavy atom. The summed E-state index contributed by atoms with van der Waals surface area (Å²) < 4.78 is 16.3. The summed E-state index contributed by atoms with van der Waals surface area (Å²) in [6, 6.07) is 0. The minimum atomic E-state index is 0.302. The Balaban J connectivity index is 3.67. The molecule has 0 aliphatic rings. The number of hydrogen-bond acceptors (Lipinski definition) is 4. The third-order valence-corrected chi connectivity index (χ3v) is 2.37. The fourth-order valence-electron chi connectivity index (χ4n) is 1.43. The fourth-order valence-corrected chi connectivity index (χ4v) is 1.43. The highest BCUT2D eigenvalue weighted by Crippen LogP contribution is 1.93. The summed E-state index contributed by atoms with van der Waals surface area (Å²) in [5.74, 6) is 0. The maximum atomic E-state index is 5.56. The van der Waals surface area contributed by atoms with Gasteiger partial charge in [-0.3, -0.25) is 4.90 Å². The maximum Gasteiger partial charge on any atom is 0.0596 e. The van der Waals surface area contributed by atoms with Crippen LogP contribution in [0.5, 0.6) is 0 Å². The van der Waals surface area contributed by atoms with Crippen LogP contribution in [0.15, 0.2) is 0 Å². The van der Waals surface area contributed by atoms with Crippen molar-refractivity contribution in [3.63, 3.8) is 0 Å². The highest BCUT2D eigenvalue weighted by atomic mass is 16.5. The monoisotopic (exact) mass is 247 g/mol. The van der Waals surface area contributed by atoms with Crippen molar-refractivity contribution in [1.82, 2.24) is 4.90 Å². The molecule has 0 atom stereocenters. The van der Waals surface area contributed by atoms with Crippen LogP contribution in [0.4, 0.5) is 0 Å². The van der Waals surface area contributed by atoms with E-state index in [1.165, 1.54) is 0 Å². The molecule has 0 N–H and O–H groups in total. The van der Waals surface area contributed by atoms with Crippen LogP contribution < -0.4 is 0 Å². The molecule has 4 heteroatoms. The molecule has 0 aromatic carbocycles. The molecule has 0 aromatic rings. The standard InChI is InChI=1S/C13H29NO3/c1-5-15-10-7-14(8-11-16-6-2)9-12-17-13(3)4/h13H,5-12H2,1-4H3. The zero-order valence-corrected chi connectivity index (χ0v) is 11.9. The van der Waals surface area contributed by atoms with Crippen LogP contribution in [0.1, 0.15) is 27.7 Å².